The quantitative estimate of drug-likeness (QED) is 0.383. The van der Waals surface area contributed by atoms with E-state index in [4.69, 9.17) is 9.47 Å². The van der Waals surface area contributed by atoms with Crippen LogP contribution < -0.4 is 15.4 Å². The predicted octanol–water partition coefficient (Wildman–Crippen LogP) is 2.13. The number of carbonyl (C=O) groups is 3. The molecule has 10 heteroatoms. The lowest BCUT2D eigenvalue weighted by Gasteiger charge is -2.10. The summed E-state index contributed by atoms with van der Waals surface area (Å²) in [5.41, 5.74) is 2.04. The van der Waals surface area contributed by atoms with Gasteiger partial charge in [-0.25, -0.2) is 0 Å². The maximum absolute atomic E-state index is 12.1. The van der Waals surface area contributed by atoms with Crippen molar-refractivity contribution in [3.05, 3.63) is 63.2 Å². The zero-order chi connectivity index (χ0) is 22.3. The molecule has 30 heavy (non-hydrogen) atoms. The number of nitrogens with zero attached hydrogens (tertiary/aromatic N) is 1. The number of rotatable bonds is 8. The van der Waals surface area contributed by atoms with Crippen LogP contribution in [0.4, 0.5) is 11.4 Å². The van der Waals surface area contributed by atoms with E-state index in [1.54, 1.807) is 6.07 Å². The monoisotopic (exact) mass is 415 g/mol. The molecule has 2 amide bonds. The zero-order valence-corrected chi connectivity index (χ0v) is 16.7. The summed E-state index contributed by atoms with van der Waals surface area (Å²) in [5, 5.41) is 16.0. The minimum Gasteiger partial charge on any atom is -0.490 e. The van der Waals surface area contributed by atoms with E-state index in [2.05, 4.69) is 10.6 Å². The number of esters is 1. The number of aryl methyl sites for hydroxylation is 2. The summed E-state index contributed by atoms with van der Waals surface area (Å²) in [5.74, 6) is -2.06. The molecule has 0 fully saturated rings. The summed E-state index contributed by atoms with van der Waals surface area (Å²) >= 11 is 0. The van der Waals surface area contributed by atoms with Gasteiger partial charge in [-0.2, -0.15) is 0 Å². The number of nitro benzene ring substituents is 1. The molecule has 0 bridgehead atoms. The Hall–Kier alpha value is -3.95. The lowest BCUT2D eigenvalue weighted by Crippen LogP contribution is -2.32. The van der Waals surface area contributed by atoms with E-state index in [1.807, 2.05) is 26.0 Å². The van der Waals surface area contributed by atoms with Crippen molar-refractivity contribution in [1.29, 1.82) is 0 Å². The Morgan fingerprint density at radius 3 is 2.50 bits per heavy atom. The molecule has 2 aromatic rings. The predicted molar refractivity (Wildman–Crippen MR) is 107 cm³/mol. The van der Waals surface area contributed by atoms with Gasteiger partial charge in [0.1, 0.15) is 6.54 Å². The third kappa shape index (κ3) is 6.03. The van der Waals surface area contributed by atoms with E-state index in [0.717, 1.165) is 17.2 Å². The number of nitro groups is 1. The van der Waals surface area contributed by atoms with Crippen molar-refractivity contribution in [3.63, 3.8) is 0 Å². The second-order valence-electron chi connectivity index (χ2n) is 6.35. The van der Waals surface area contributed by atoms with Crippen LogP contribution >= 0.6 is 0 Å². The lowest BCUT2D eigenvalue weighted by atomic mass is 10.1. The van der Waals surface area contributed by atoms with E-state index < -0.39 is 35.9 Å². The van der Waals surface area contributed by atoms with Crippen molar-refractivity contribution in [2.45, 2.75) is 13.8 Å². The van der Waals surface area contributed by atoms with Crippen molar-refractivity contribution in [3.8, 4) is 5.75 Å². The maximum Gasteiger partial charge on any atom is 0.325 e. The van der Waals surface area contributed by atoms with Gasteiger partial charge in [-0.1, -0.05) is 12.1 Å². The summed E-state index contributed by atoms with van der Waals surface area (Å²) in [6.45, 7) is 2.70. The maximum atomic E-state index is 12.1. The van der Waals surface area contributed by atoms with Crippen LogP contribution in [0.1, 0.15) is 21.5 Å². The first kappa shape index (κ1) is 22.3. The second-order valence-corrected chi connectivity index (χ2v) is 6.35. The summed E-state index contributed by atoms with van der Waals surface area (Å²) in [7, 11) is 1.27. The van der Waals surface area contributed by atoms with Crippen LogP contribution in [0.25, 0.3) is 0 Å². The Kier molecular flexibility index (Phi) is 7.45. The topological polar surface area (TPSA) is 137 Å². The fourth-order valence-electron chi connectivity index (χ4n) is 2.48. The van der Waals surface area contributed by atoms with Crippen LogP contribution in [-0.2, 0) is 14.3 Å². The van der Waals surface area contributed by atoms with Gasteiger partial charge >= 0.3 is 11.7 Å². The minimum absolute atomic E-state index is 0.00539. The SMILES string of the molecule is COc1ccc(C(=O)NCC(=O)OCC(=O)Nc2cc(C)ccc2C)cc1[N+](=O)[O-]. The molecular weight excluding hydrogens is 394 g/mol. The standard InChI is InChI=1S/C20H21N3O7/c1-12-4-5-13(2)15(8-12)22-18(24)11-30-19(25)10-21-20(26)14-6-7-17(29-3)16(9-14)23(27)28/h4-9H,10-11H2,1-3H3,(H,21,26)(H,22,24). The number of ether oxygens (including phenoxy) is 2. The van der Waals surface area contributed by atoms with Crippen LogP contribution in [0.3, 0.4) is 0 Å². The van der Waals surface area contributed by atoms with E-state index in [0.29, 0.717) is 5.69 Å². The van der Waals surface area contributed by atoms with Gasteiger partial charge in [0, 0.05) is 17.3 Å². The molecule has 0 aliphatic rings. The highest BCUT2D eigenvalue weighted by molar-refractivity contribution is 5.97. The highest BCUT2D eigenvalue weighted by Gasteiger charge is 2.19. The molecule has 0 aliphatic heterocycles. The number of carbonyl (C=O) groups excluding carboxylic acids is 3. The normalized spacial score (nSPS) is 10.1. The first-order chi connectivity index (χ1) is 14.2. The molecule has 158 valence electrons. The van der Waals surface area contributed by atoms with E-state index in [9.17, 15) is 24.5 Å². The van der Waals surface area contributed by atoms with Crippen LogP contribution in [0.2, 0.25) is 0 Å². The molecule has 0 atom stereocenters. The van der Waals surface area contributed by atoms with Crippen molar-refractivity contribution in [1.82, 2.24) is 5.32 Å². The molecule has 0 aliphatic carbocycles. The summed E-state index contributed by atoms with van der Waals surface area (Å²) in [6.07, 6.45) is 0. The molecule has 0 radical (unpaired) electrons. The summed E-state index contributed by atoms with van der Waals surface area (Å²) in [6, 6.07) is 9.20. The van der Waals surface area contributed by atoms with E-state index >= 15 is 0 Å². The van der Waals surface area contributed by atoms with Gasteiger partial charge < -0.3 is 20.1 Å². The molecule has 0 saturated heterocycles. The summed E-state index contributed by atoms with van der Waals surface area (Å²) < 4.78 is 9.70. The second kappa shape index (κ2) is 10.0. The molecule has 2 rings (SSSR count). The molecular formula is C20H21N3O7. The Morgan fingerprint density at radius 2 is 1.83 bits per heavy atom. The third-order valence-electron chi connectivity index (χ3n) is 4.06. The van der Waals surface area contributed by atoms with Gasteiger partial charge in [0.05, 0.1) is 12.0 Å². The van der Waals surface area contributed by atoms with Crippen LogP contribution in [0.5, 0.6) is 5.75 Å². The van der Waals surface area contributed by atoms with Gasteiger partial charge in [0.25, 0.3) is 11.8 Å². The van der Waals surface area contributed by atoms with Gasteiger partial charge in [0.2, 0.25) is 0 Å². The Bertz CT molecular complexity index is 988. The van der Waals surface area contributed by atoms with Crippen LogP contribution in [-0.4, -0.2) is 43.0 Å². The smallest absolute Gasteiger partial charge is 0.325 e. The molecule has 2 aromatic carbocycles. The molecule has 0 aromatic heterocycles. The van der Waals surface area contributed by atoms with Crippen molar-refractivity contribution < 1.29 is 28.8 Å². The number of anilines is 1. The fraction of sp³-hybridized carbons (Fsp3) is 0.250. The van der Waals surface area contributed by atoms with Gasteiger partial charge in [0.15, 0.2) is 12.4 Å². The molecule has 10 nitrogen and oxygen atoms in total. The molecule has 2 N–H and O–H groups in total. The van der Waals surface area contributed by atoms with E-state index in [-0.39, 0.29) is 17.0 Å². The molecule has 0 heterocycles. The molecule has 0 spiro atoms. The minimum atomic E-state index is -0.831. The van der Waals surface area contributed by atoms with E-state index in [1.165, 1.54) is 19.2 Å². The Labute approximate surface area is 172 Å². The number of amides is 2. The number of methoxy groups -OCH3 is 1. The van der Waals surface area contributed by atoms with Crippen molar-refractivity contribution >= 4 is 29.2 Å². The molecule has 0 unspecified atom stereocenters. The lowest BCUT2D eigenvalue weighted by molar-refractivity contribution is -0.385. The molecule has 0 saturated carbocycles. The largest absolute Gasteiger partial charge is 0.490 e. The number of hydrogen-bond donors (Lipinski definition) is 2. The fourth-order valence-corrected chi connectivity index (χ4v) is 2.48. The van der Waals surface area contributed by atoms with Crippen LogP contribution in [0, 0.1) is 24.0 Å². The zero-order valence-electron chi connectivity index (χ0n) is 16.7. The highest BCUT2D eigenvalue weighted by atomic mass is 16.6. The van der Waals surface area contributed by atoms with Gasteiger partial charge in [-0.3, -0.25) is 24.5 Å². The highest BCUT2D eigenvalue weighted by Crippen LogP contribution is 2.27. The van der Waals surface area contributed by atoms with Crippen molar-refractivity contribution in [2.24, 2.45) is 0 Å². The van der Waals surface area contributed by atoms with Gasteiger partial charge in [-0.05, 0) is 43.2 Å². The average molecular weight is 415 g/mol. The first-order valence-corrected chi connectivity index (χ1v) is 8.84. The van der Waals surface area contributed by atoms with Crippen LogP contribution in [0.15, 0.2) is 36.4 Å². The first-order valence-electron chi connectivity index (χ1n) is 8.84. The third-order valence-corrected chi connectivity index (χ3v) is 4.06. The Balaban J connectivity index is 1.85. The summed E-state index contributed by atoms with van der Waals surface area (Å²) in [4.78, 5) is 46.2. The average Bonchev–Trinajstić information content (AvgIpc) is 2.72. The number of nitrogens with one attached hydrogen (secondary N) is 2. The van der Waals surface area contributed by atoms with Crippen molar-refractivity contribution in [2.75, 3.05) is 25.6 Å². The van der Waals surface area contributed by atoms with Gasteiger partial charge in [-0.15, -0.1) is 0 Å². The number of hydrogen-bond acceptors (Lipinski definition) is 7. The Morgan fingerprint density at radius 1 is 1.10 bits per heavy atom. The number of benzene rings is 2.